The summed E-state index contributed by atoms with van der Waals surface area (Å²) < 4.78 is 7.37. The van der Waals surface area contributed by atoms with E-state index in [9.17, 15) is 5.11 Å². The number of nitrogens with zero attached hydrogens (tertiary/aromatic N) is 5. The number of halogens is 1. The van der Waals surface area contributed by atoms with Gasteiger partial charge in [0.2, 0.25) is 5.95 Å². The summed E-state index contributed by atoms with van der Waals surface area (Å²) in [5.41, 5.74) is 2.67. The molecular weight excluding hydrogens is 464 g/mol. The highest BCUT2D eigenvalue weighted by Crippen LogP contribution is 2.38. The van der Waals surface area contributed by atoms with Crippen molar-refractivity contribution >= 4 is 34.3 Å². The third-order valence-corrected chi connectivity index (χ3v) is 7.96. The second-order valence-corrected chi connectivity index (χ2v) is 11.6. The number of anilines is 2. The molecule has 35 heavy (non-hydrogen) atoms. The summed E-state index contributed by atoms with van der Waals surface area (Å²) in [6.07, 6.45) is 3.33. The highest BCUT2D eigenvalue weighted by atomic mass is 35.5. The number of piperidine rings is 1. The van der Waals surface area contributed by atoms with E-state index in [0.717, 1.165) is 58.9 Å². The molecule has 2 atom stereocenters. The summed E-state index contributed by atoms with van der Waals surface area (Å²) in [5, 5.41) is 20.0. The Morgan fingerprint density at radius 2 is 1.94 bits per heavy atom. The van der Waals surface area contributed by atoms with E-state index in [2.05, 4.69) is 54.1 Å². The Bertz CT molecular complexity index is 1230. The van der Waals surface area contributed by atoms with Gasteiger partial charge in [0.15, 0.2) is 0 Å². The van der Waals surface area contributed by atoms with Crippen molar-refractivity contribution in [3.8, 4) is 0 Å². The van der Waals surface area contributed by atoms with Gasteiger partial charge in [-0.25, -0.2) is 9.97 Å². The predicted molar refractivity (Wildman–Crippen MR) is 139 cm³/mol. The van der Waals surface area contributed by atoms with E-state index < -0.39 is 6.10 Å². The number of aliphatic hydroxyl groups excluding tert-OH is 1. The quantitative estimate of drug-likeness (QED) is 0.551. The first-order valence-corrected chi connectivity index (χ1v) is 12.7. The van der Waals surface area contributed by atoms with Crippen molar-refractivity contribution in [2.45, 2.75) is 63.5 Å². The molecule has 2 aromatic heterocycles. The first-order chi connectivity index (χ1) is 16.5. The second kappa shape index (κ2) is 9.00. The topological polar surface area (TPSA) is 88.3 Å². The molecule has 0 bridgehead atoms. The van der Waals surface area contributed by atoms with Crippen molar-refractivity contribution in [1.29, 1.82) is 0 Å². The van der Waals surface area contributed by atoms with Crippen LogP contribution >= 0.6 is 11.6 Å². The molecule has 188 valence electrons. The van der Waals surface area contributed by atoms with Gasteiger partial charge in [0.25, 0.3) is 0 Å². The fraction of sp³-hybridized carbons (Fsp3) is 0.577. The van der Waals surface area contributed by atoms with Gasteiger partial charge in [-0.15, -0.1) is 0 Å². The van der Waals surface area contributed by atoms with Gasteiger partial charge in [0.1, 0.15) is 5.82 Å². The van der Waals surface area contributed by atoms with Crippen LogP contribution in [-0.2, 0) is 17.2 Å². The van der Waals surface area contributed by atoms with Gasteiger partial charge in [0.05, 0.1) is 36.1 Å². The molecule has 5 rings (SSSR count). The van der Waals surface area contributed by atoms with Crippen LogP contribution in [0.25, 0.3) is 10.9 Å². The van der Waals surface area contributed by atoms with Crippen molar-refractivity contribution < 1.29 is 9.84 Å². The SMILES string of the molecule is Cn1nc(C(C)(C)C)cc1Nc1ncc2cc(Cl)c(C3CCN([C@]4(C)COC[C@@H]4O)CC3)cc2n1. The molecule has 9 heteroatoms. The number of aliphatic hydroxyl groups is 1. The Morgan fingerprint density at radius 1 is 1.20 bits per heavy atom. The molecular formula is C26H35ClN6O2. The van der Waals surface area contributed by atoms with E-state index in [1.54, 1.807) is 0 Å². The lowest BCUT2D eigenvalue weighted by molar-refractivity contribution is -0.00211. The number of aryl methyl sites for hydroxylation is 1. The van der Waals surface area contributed by atoms with E-state index in [-0.39, 0.29) is 11.0 Å². The zero-order chi connectivity index (χ0) is 25.0. The fourth-order valence-corrected chi connectivity index (χ4v) is 5.49. The van der Waals surface area contributed by atoms with Crippen molar-refractivity contribution in [3.05, 3.63) is 40.7 Å². The predicted octanol–water partition coefficient (Wildman–Crippen LogP) is 4.39. The molecule has 1 aromatic carbocycles. The molecule has 0 aliphatic carbocycles. The maximum Gasteiger partial charge on any atom is 0.228 e. The molecule has 0 unspecified atom stereocenters. The van der Waals surface area contributed by atoms with E-state index in [0.29, 0.717) is 25.1 Å². The van der Waals surface area contributed by atoms with Crippen LogP contribution < -0.4 is 5.32 Å². The number of benzene rings is 1. The van der Waals surface area contributed by atoms with Crippen LogP contribution in [0.3, 0.4) is 0 Å². The van der Waals surface area contributed by atoms with E-state index in [4.69, 9.17) is 21.3 Å². The molecule has 0 amide bonds. The molecule has 8 nitrogen and oxygen atoms in total. The summed E-state index contributed by atoms with van der Waals surface area (Å²) in [6, 6.07) is 6.13. The van der Waals surface area contributed by atoms with Crippen LogP contribution in [0.4, 0.5) is 11.8 Å². The Morgan fingerprint density at radius 3 is 2.57 bits per heavy atom. The van der Waals surface area contributed by atoms with Crippen molar-refractivity contribution in [2.24, 2.45) is 7.05 Å². The van der Waals surface area contributed by atoms with Crippen LogP contribution in [0.15, 0.2) is 24.4 Å². The number of fused-ring (bicyclic) bond motifs is 1. The van der Waals surface area contributed by atoms with Crippen LogP contribution in [0.1, 0.15) is 57.7 Å². The van der Waals surface area contributed by atoms with Gasteiger partial charge in [-0.1, -0.05) is 32.4 Å². The van der Waals surface area contributed by atoms with E-state index >= 15 is 0 Å². The lowest BCUT2D eigenvalue weighted by atomic mass is 9.85. The van der Waals surface area contributed by atoms with Crippen molar-refractivity contribution in [3.63, 3.8) is 0 Å². The number of rotatable bonds is 4. The number of hydrogen-bond donors (Lipinski definition) is 2. The number of aromatic nitrogens is 4. The number of hydrogen-bond acceptors (Lipinski definition) is 7. The van der Waals surface area contributed by atoms with Gasteiger partial charge >= 0.3 is 0 Å². The molecule has 2 aliphatic rings. The minimum Gasteiger partial charge on any atom is -0.389 e. The van der Waals surface area contributed by atoms with E-state index in [1.165, 1.54) is 0 Å². The molecule has 2 fully saturated rings. The normalized spacial score (nSPS) is 24.4. The Kier molecular flexibility index (Phi) is 6.28. The summed E-state index contributed by atoms with van der Waals surface area (Å²) in [5.74, 6) is 1.73. The van der Waals surface area contributed by atoms with Crippen LogP contribution in [0, 0.1) is 0 Å². The van der Waals surface area contributed by atoms with Crippen molar-refractivity contribution in [1.82, 2.24) is 24.6 Å². The summed E-state index contributed by atoms with van der Waals surface area (Å²) >= 11 is 6.73. The lowest BCUT2D eigenvalue weighted by Gasteiger charge is -2.43. The number of likely N-dealkylation sites (tertiary alicyclic amines) is 1. The molecule has 0 saturated carbocycles. The first kappa shape index (κ1) is 24.4. The minimum atomic E-state index is -0.440. The molecule has 3 aromatic rings. The van der Waals surface area contributed by atoms with Crippen molar-refractivity contribution in [2.75, 3.05) is 31.6 Å². The Hall–Kier alpha value is -2.26. The smallest absolute Gasteiger partial charge is 0.228 e. The number of nitrogens with one attached hydrogen (secondary N) is 1. The monoisotopic (exact) mass is 498 g/mol. The van der Waals surface area contributed by atoms with Gasteiger partial charge in [-0.3, -0.25) is 9.58 Å². The van der Waals surface area contributed by atoms with Gasteiger partial charge < -0.3 is 15.2 Å². The van der Waals surface area contributed by atoms with Gasteiger partial charge in [0, 0.05) is 35.1 Å². The zero-order valence-electron chi connectivity index (χ0n) is 21.2. The average molecular weight is 499 g/mol. The molecule has 0 radical (unpaired) electrons. The summed E-state index contributed by atoms with van der Waals surface area (Å²) in [6.45, 7) is 11.3. The molecule has 2 N–H and O–H groups in total. The average Bonchev–Trinajstić information content (AvgIpc) is 3.36. The van der Waals surface area contributed by atoms with Gasteiger partial charge in [-0.05, 0) is 56.5 Å². The molecule has 4 heterocycles. The van der Waals surface area contributed by atoms with Crippen LogP contribution in [0.2, 0.25) is 5.02 Å². The van der Waals surface area contributed by atoms with Gasteiger partial charge in [-0.2, -0.15) is 5.10 Å². The number of ether oxygens (including phenoxy) is 1. The Labute approximate surface area is 211 Å². The third kappa shape index (κ3) is 4.65. The maximum atomic E-state index is 10.4. The van der Waals surface area contributed by atoms with Crippen LogP contribution in [-0.4, -0.2) is 67.7 Å². The molecule has 0 spiro atoms. The summed E-state index contributed by atoms with van der Waals surface area (Å²) in [4.78, 5) is 11.7. The molecule has 2 aliphatic heterocycles. The maximum absolute atomic E-state index is 10.4. The zero-order valence-corrected chi connectivity index (χ0v) is 21.9. The highest BCUT2D eigenvalue weighted by Gasteiger charge is 2.45. The van der Waals surface area contributed by atoms with Crippen LogP contribution in [0.5, 0.6) is 0 Å². The molecule has 2 saturated heterocycles. The Balaban J connectivity index is 1.35. The highest BCUT2D eigenvalue weighted by molar-refractivity contribution is 6.32. The minimum absolute atomic E-state index is 0.0382. The third-order valence-electron chi connectivity index (χ3n) is 7.63. The first-order valence-electron chi connectivity index (χ1n) is 12.3. The van der Waals surface area contributed by atoms with E-state index in [1.807, 2.05) is 30.1 Å². The fourth-order valence-electron chi connectivity index (χ4n) is 5.16. The largest absolute Gasteiger partial charge is 0.389 e. The lowest BCUT2D eigenvalue weighted by Crippen LogP contribution is -2.56. The second-order valence-electron chi connectivity index (χ2n) is 11.2. The standard InChI is InChI=1S/C26H35ClN6O2/c1-25(2,3)21-12-23(32(5)31-21)30-24-28-13-17-10-19(27)18(11-20(17)29-24)16-6-8-33(9-7-16)26(4)15-35-14-22(26)34/h10-13,16,22,34H,6-9,14-15H2,1-5H3,(H,28,29,30)/t22-,26+/m0/s1. The summed E-state index contributed by atoms with van der Waals surface area (Å²) in [7, 11) is 1.92.